The maximum Gasteiger partial charge on any atom is 0.241 e. The van der Waals surface area contributed by atoms with Crippen LogP contribution in [-0.4, -0.2) is 23.9 Å². The molecule has 0 aliphatic rings. The Hall–Kier alpha value is -1.85. The van der Waals surface area contributed by atoms with Crippen molar-refractivity contribution < 1.29 is 4.79 Å². The number of nitrogens with two attached hydrogens (primary N) is 1. The molecule has 1 aromatic carbocycles. The fourth-order valence-electron chi connectivity index (χ4n) is 2.10. The molecular weight excluding hydrogens is 282 g/mol. The van der Waals surface area contributed by atoms with E-state index in [1.807, 2.05) is 38.2 Å². The lowest BCUT2D eigenvalue weighted by atomic mass is 10.1. The average Bonchev–Trinajstić information content (AvgIpc) is 3.01. The summed E-state index contributed by atoms with van der Waals surface area (Å²) in [4.78, 5) is 15.7. The zero-order valence-corrected chi connectivity index (χ0v) is 13.4. The van der Waals surface area contributed by atoms with Gasteiger partial charge < -0.3 is 11.1 Å². The van der Waals surface area contributed by atoms with Gasteiger partial charge >= 0.3 is 0 Å². The summed E-state index contributed by atoms with van der Waals surface area (Å²) in [6, 6.07) is 11.3. The van der Waals surface area contributed by atoms with Gasteiger partial charge in [-0.2, -0.15) is 0 Å². The molecule has 2 atom stereocenters. The number of benzene rings is 1. The number of rotatable bonds is 5. The number of thiophene rings is 1. The van der Waals surface area contributed by atoms with E-state index in [0.717, 1.165) is 0 Å². The predicted octanol–water partition coefficient (Wildman–Crippen LogP) is 3.35. The number of hydrogen-bond acceptors (Lipinski definition) is 4. The number of amides is 1. The first kappa shape index (κ1) is 15.5. The van der Waals surface area contributed by atoms with Crippen LogP contribution < -0.4 is 11.1 Å². The van der Waals surface area contributed by atoms with Gasteiger partial charge in [-0.15, -0.1) is 11.3 Å². The lowest BCUT2D eigenvalue weighted by Crippen LogP contribution is -2.40. The molecule has 0 fully saturated rings. The Kier molecular flexibility index (Phi) is 4.98. The minimum Gasteiger partial charge on any atom is -0.397 e. The molecule has 0 saturated heterocycles. The van der Waals surface area contributed by atoms with Crippen LogP contribution in [0.4, 0.5) is 11.4 Å². The van der Waals surface area contributed by atoms with Crippen LogP contribution in [0.15, 0.2) is 41.8 Å². The van der Waals surface area contributed by atoms with E-state index in [-0.39, 0.29) is 18.0 Å². The molecule has 0 aliphatic carbocycles. The van der Waals surface area contributed by atoms with Crippen molar-refractivity contribution in [3.8, 4) is 0 Å². The minimum absolute atomic E-state index is 0.0567. The van der Waals surface area contributed by atoms with E-state index in [1.165, 1.54) is 4.88 Å². The summed E-state index contributed by atoms with van der Waals surface area (Å²) < 4.78 is 0. The highest BCUT2D eigenvalue weighted by atomic mass is 32.1. The van der Waals surface area contributed by atoms with E-state index in [2.05, 4.69) is 28.6 Å². The molecule has 0 spiro atoms. The van der Waals surface area contributed by atoms with Crippen LogP contribution in [0.3, 0.4) is 0 Å². The standard InChI is InChI=1S/C16H21N3OS/c1-11(15-9-6-10-21-15)19(3)12(2)16(20)18-14-8-5-4-7-13(14)17/h4-12H,17H2,1-3H3,(H,18,20). The second-order valence-electron chi connectivity index (χ2n) is 5.11. The van der Waals surface area contributed by atoms with Gasteiger partial charge in [0.05, 0.1) is 17.4 Å². The molecule has 5 heteroatoms. The molecule has 4 nitrogen and oxygen atoms in total. The zero-order valence-electron chi connectivity index (χ0n) is 12.5. The van der Waals surface area contributed by atoms with Crippen LogP contribution in [-0.2, 0) is 4.79 Å². The van der Waals surface area contributed by atoms with Gasteiger partial charge in [0.2, 0.25) is 5.91 Å². The Morgan fingerprint density at radius 3 is 2.57 bits per heavy atom. The normalized spacial score (nSPS) is 13.9. The number of anilines is 2. The van der Waals surface area contributed by atoms with Crippen molar-refractivity contribution in [2.45, 2.75) is 25.9 Å². The first-order valence-corrected chi connectivity index (χ1v) is 7.79. The van der Waals surface area contributed by atoms with Gasteiger partial charge in [-0.25, -0.2) is 0 Å². The van der Waals surface area contributed by atoms with Gasteiger partial charge in [0.25, 0.3) is 0 Å². The fraction of sp³-hybridized carbons (Fsp3) is 0.312. The van der Waals surface area contributed by atoms with Crippen molar-refractivity contribution in [2.75, 3.05) is 18.1 Å². The Morgan fingerprint density at radius 1 is 1.24 bits per heavy atom. The van der Waals surface area contributed by atoms with Gasteiger partial charge in [-0.05, 0) is 44.5 Å². The molecule has 1 amide bonds. The summed E-state index contributed by atoms with van der Waals surface area (Å²) in [5.74, 6) is -0.0567. The Morgan fingerprint density at radius 2 is 1.95 bits per heavy atom. The van der Waals surface area contributed by atoms with Crippen molar-refractivity contribution >= 4 is 28.6 Å². The third-order valence-corrected chi connectivity index (χ3v) is 4.82. The number of carbonyl (C=O) groups excluding carboxylic acids is 1. The molecule has 2 rings (SSSR count). The predicted molar refractivity (Wildman–Crippen MR) is 89.4 cm³/mol. The Labute approximate surface area is 129 Å². The highest BCUT2D eigenvalue weighted by molar-refractivity contribution is 7.10. The monoisotopic (exact) mass is 303 g/mol. The van der Waals surface area contributed by atoms with Crippen molar-refractivity contribution in [1.82, 2.24) is 4.90 Å². The van der Waals surface area contributed by atoms with E-state index in [4.69, 9.17) is 5.73 Å². The van der Waals surface area contributed by atoms with Crippen molar-refractivity contribution in [2.24, 2.45) is 0 Å². The average molecular weight is 303 g/mol. The molecule has 21 heavy (non-hydrogen) atoms. The molecule has 1 heterocycles. The summed E-state index contributed by atoms with van der Waals surface area (Å²) in [5, 5.41) is 4.94. The summed E-state index contributed by atoms with van der Waals surface area (Å²) in [6.45, 7) is 4.01. The summed E-state index contributed by atoms with van der Waals surface area (Å²) in [6.07, 6.45) is 0. The number of para-hydroxylation sites is 2. The van der Waals surface area contributed by atoms with Crippen LogP contribution in [0.2, 0.25) is 0 Å². The Bertz CT molecular complexity index is 597. The molecule has 0 saturated carbocycles. The third-order valence-electron chi connectivity index (χ3n) is 3.77. The topological polar surface area (TPSA) is 58.4 Å². The first-order chi connectivity index (χ1) is 10.0. The highest BCUT2D eigenvalue weighted by Crippen LogP contribution is 2.25. The van der Waals surface area contributed by atoms with E-state index in [0.29, 0.717) is 11.4 Å². The third kappa shape index (κ3) is 3.62. The van der Waals surface area contributed by atoms with E-state index >= 15 is 0 Å². The second-order valence-corrected chi connectivity index (χ2v) is 6.09. The van der Waals surface area contributed by atoms with E-state index < -0.39 is 0 Å². The molecule has 0 radical (unpaired) electrons. The van der Waals surface area contributed by atoms with E-state index in [9.17, 15) is 4.79 Å². The van der Waals surface area contributed by atoms with Crippen molar-refractivity contribution in [1.29, 1.82) is 0 Å². The van der Waals surface area contributed by atoms with Crippen LogP contribution in [0.1, 0.15) is 24.8 Å². The van der Waals surface area contributed by atoms with Crippen LogP contribution in [0.5, 0.6) is 0 Å². The van der Waals surface area contributed by atoms with Gasteiger partial charge in [0.1, 0.15) is 0 Å². The lowest BCUT2D eigenvalue weighted by Gasteiger charge is -2.29. The molecule has 0 bridgehead atoms. The summed E-state index contributed by atoms with van der Waals surface area (Å²) >= 11 is 1.70. The maximum atomic E-state index is 12.4. The minimum atomic E-state index is -0.248. The van der Waals surface area contributed by atoms with Crippen LogP contribution in [0, 0.1) is 0 Å². The smallest absolute Gasteiger partial charge is 0.241 e. The number of carbonyl (C=O) groups is 1. The molecule has 3 N–H and O–H groups in total. The largest absolute Gasteiger partial charge is 0.397 e. The van der Waals surface area contributed by atoms with Crippen molar-refractivity contribution in [3.05, 3.63) is 46.7 Å². The number of nitrogens with zero attached hydrogens (tertiary/aromatic N) is 1. The maximum absolute atomic E-state index is 12.4. The van der Waals surface area contributed by atoms with E-state index in [1.54, 1.807) is 17.4 Å². The van der Waals surface area contributed by atoms with Gasteiger partial charge in [0, 0.05) is 10.9 Å². The SMILES string of the molecule is CC(C(=O)Nc1ccccc1N)N(C)C(C)c1cccs1. The molecule has 112 valence electrons. The number of likely N-dealkylation sites (N-methyl/N-ethyl adjacent to an activating group) is 1. The molecule has 2 unspecified atom stereocenters. The molecule has 0 aliphatic heterocycles. The first-order valence-electron chi connectivity index (χ1n) is 6.91. The van der Waals surface area contributed by atoms with Crippen molar-refractivity contribution in [3.63, 3.8) is 0 Å². The fourth-order valence-corrected chi connectivity index (χ4v) is 2.93. The van der Waals surface area contributed by atoms with Crippen LogP contribution >= 0.6 is 11.3 Å². The van der Waals surface area contributed by atoms with Gasteiger partial charge in [0.15, 0.2) is 0 Å². The molecule has 2 aromatic rings. The zero-order chi connectivity index (χ0) is 15.4. The second kappa shape index (κ2) is 6.74. The number of hydrogen-bond donors (Lipinski definition) is 2. The highest BCUT2D eigenvalue weighted by Gasteiger charge is 2.24. The summed E-state index contributed by atoms with van der Waals surface area (Å²) in [5.41, 5.74) is 7.09. The van der Waals surface area contributed by atoms with Crippen LogP contribution in [0.25, 0.3) is 0 Å². The van der Waals surface area contributed by atoms with Gasteiger partial charge in [-0.3, -0.25) is 9.69 Å². The molecule has 1 aromatic heterocycles. The summed E-state index contributed by atoms with van der Waals surface area (Å²) in [7, 11) is 1.96. The van der Waals surface area contributed by atoms with Gasteiger partial charge in [-0.1, -0.05) is 18.2 Å². The number of nitrogen functional groups attached to an aromatic ring is 1. The lowest BCUT2D eigenvalue weighted by molar-refractivity contribution is -0.121. The molecular formula is C16H21N3OS. The quantitative estimate of drug-likeness (QED) is 0.833. The Balaban J connectivity index is 2.03. The number of nitrogens with one attached hydrogen (secondary N) is 1.